The number of rotatable bonds is 8. The molecule has 4 N–H and O–H groups in total. The van der Waals surface area contributed by atoms with Gasteiger partial charge in [-0.25, -0.2) is 4.98 Å². The first-order valence-electron chi connectivity index (χ1n) is 13.7. The second-order valence-corrected chi connectivity index (χ2v) is 10.4. The van der Waals surface area contributed by atoms with E-state index in [0.29, 0.717) is 11.9 Å². The van der Waals surface area contributed by atoms with E-state index >= 15 is 0 Å². The van der Waals surface area contributed by atoms with Gasteiger partial charge in [0.2, 0.25) is 5.89 Å². The fraction of sp³-hybridized carbons (Fsp3) is 0.333. The zero-order valence-electron chi connectivity index (χ0n) is 23.1. The van der Waals surface area contributed by atoms with Gasteiger partial charge in [0.15, 0.2) is 0 Å². The number of H-pyrrole nitrogens is 2. The second kappa shape index (κ2) is 12.4. The molecular formula is C30H34N6O5. The third-order valence-electron chi connectivity index (χ3n) is 7.32. The summed E-state index contributed by atoms with van der Waals surface area (Å²) < 4.78 is 6.27. The Morgan fingerprint density at radius 1 is 0.951 bits per heavy atom. The highest BCUT2D eigenvalue weighted by Crippen LogP contribution is 2.36. The van der Waals surface area contributed by atoms with E-state index in [9.17, 15) is 9.59 Å². The summed E-state index contributed by atoms with van der Waals surface area (Å²) in [6.45, 7) is 9.61. The van der Waals surface area contributed by atoms with E-state index in [-0.39, 0.29) is 12.8 Å². The molecule has 0 amide bonds. The predicted octanol–water partition coefficient (Wildman–Crippen LogP) is 4.83. The van der Waals surface area contributed by atoms with Gasteiger partial charge in [0.25, 0.3) is 0 Å². The summed E-state index contributed by atoms with van der Waals surface area (Å²) >= 11 is 0. The number of nitrogens with one attached hydrogen (secondary N) is 2. The maximum absolute atomic E-state index is 9.64. The standard InChI is InChI=1S/C26H28N6O.C4H6O4/c1-17(2)32-10-8-31(9-11-32)16-19-14-28-26(33-19)22-12-18(13-25-23(22)15-29-30-25)20-4-3-5-24-21(20)6-7-27-24;5-3(6)1-2-4(7)8/h3-7,12-15,17,27H,8-11,16H2,1-2H3,(H,29,30);1-2H2,(H,5,6)(H,7,8). The van der Waals surface area contributed by atoms with Crippen molar-refractivity contribution in [2.24, 2.45) is 0 Å². The first-order chi connectivity index (χ1) is 19.8. The molecule has 0 saturated carbocycles. The molecule has 0 unspecified atom stereocenters. The number of carbonyl (C=O) groups is 2. The number of nitrogens with zero attached hydrogens (tertiary/aromatic N) is 4. The summed E-state index contributed by atoms with van der Waals surface area (Å²) in [5.74, 6) is -0.613. The number of hydrogen-bond donors (Lipinski definition) is 4. The first kappa shape index (κ1) is 28.1. The molecule has 6 rings (SSSR count). The molecule has 0 radical (unpaired) electrons. The lowest BCUT2D eigenvalue weighted by Crippen LogP contribution is -2.48. The van der Waals surface area contributed by atoms with Crippen molar-refractivity contribution in [3.63, 3.8) is 0 Å². The van der Waals surface area contributed by atoms with Crippen LogP contribution in [0.1, 0.15) is 32.4 Å². The van der Waals surface area contributed by atoms with Gasteiger partial charge in [0.05, 0.1) is 37.3 Å². The summed E-state index contributed by atoms with van der Waals surface area (Å²) in [7, 11) is 0. The highest BCUT2D eigenvalue weighted by atomic mass is 16.4. The van der Waals surface area contributed by atoms with Crippen molar-refractivity contribution in [3.05, 3.63) is 60.7 Å². The predicted molar refractivity (Wildman–Crippen MR) is 155 cm³/mol. The highest BCUT2D eigenvalue weighted by molar-refractivity contribution is 6.01. The highest BCUT2D eigenvalue weighted by Gasteiger charge is 2.21. The molecule has 5 aromatic rings. The summed E-state index contributed by atoms with van der Waals surface area (Å²) in [4.78, 5) is 32.2. The lowest BCUT2D eigenvalue weighted by molar-refractivity contribution is -0.143. The molecule has 0 aliphatic carbocycles. The average molecular weight is 559 g/mol. The van der Waals surface area contributed by atoms with Crippen LogP contribution in [-0.2, 0) is 16.1 Å². The number of benzene rings is 2. The van der Waals surface area contributed by atoms with Gasteiger partial charge in [0.1, 0.15) is 5.76 Å². The van der Waals surface area contributed by atoms with Crippen molar-refractivity contribution < 1.29 is 24.2 Å². The number of oxazole rings is 1. The van der Waals surface area contributed by atoms with Gasteiger partial charge < -0.3 is 19.6 Å². The molecule has 41 heavy (non-hydrogen) atoms. The number of carboxylic acids is 2. The van der Waals surface area contributed by atoms with Crippen molar-refractivity contribution in [2.75, 3.05) is 26.2 Å². The molecule has 2 aromatic carbocycles. The molecular weight excluding hydrogens is 524 g/mol. The van der Waals surface area contributed by atoms with Crippen molar-refractivity contribution in [3.8, 4) is 22.6 Å². The number of aromatic nitrogens is 4. The van der Waals surface area contributed by atoms with Crippen LogP contribution >= 0.6 is 0 Å². The molecule has 1 fully saturated rings. The van der Waals surface area contributed by atoms with Crippen LogP contribution in [0.3, 0.4) is 0 Å². The van der Waals surface area contributed by atoms with E-state index in [0.717, 1.165) is 66.0 Å². The van der Waals surface area contributed by atoms with Crippen LogP contribution in [0.5, 0.6) is 0 Å². The van der Waals surface area contributed by atoms with Crippen molar-refractivity contribution >= 4 is 33.7 Å². The number of fused-ring (bicyclic) bond motifs is 2. The zero-order chi connectivity index (χ0) is 28.9. The van der Waals surface area contributed by atoms with Crippen LogP contribution in [0.2, 0.25) is 0 Å². The Labute approximate surface area is 236 Å². The van der Waals surface area contributed by atoms with E-state index in [1.54, 1.807) is 0 Å². The molecule has 1 aliphatic rings. The smallest absolute Gasteiger partial charge is 0.303 e. The Hall–Kier alpha value is -4.48. The number of aromatic amines is 2. The second-order valence-electron chi connectivity index (χ2n) is 10.4. The Bertz CT molecular complexity index is 1630. The third kappa shape index (κ3) is 6.64. The minimum atomic E-state index is -1.08. The number of hydrogen-bond acceptors (Lipinski definition) is 7. The fourth-order valence-corrected chi connectivity index (χ4v) is 5.10. The summed E-state index contributed by atoms with van der Waals surface area (Å²) in [5, 5.41) is 25.4. The van der Waals surface area contributed by atoms with Crippen LogP contribution in [-0.4, -0.2) is 84.3 Å². The number of carboxylic acid groups (broad SMARTS) is 2. The Kier molecular flexibility index (Phi) is 8.46. The van der Waals surface area contributed by atoms with Crippen molar-refractivity contribution in [1.82, 2.24) is 30.0 Å². The van der Waals surface area contributed by atoms with Gasteiger partial charge in [-0.2, -0.15) is 5.10 Å². The minimum absolute atomic E-state index is 0.296. The van der Waals surface area contributed by atoms with Crippen LogP contribution in [0, 0.1) is 0 Å². The number of piperazine rings is 1. The minimum Gasteiger partial charge on any atom is -0.481 e. The van der Waals surface area contributed by atoms with E-state index in [4.69, 9.17) is 14.6 Å². The molecule has 11 nitrogen and oxygen atoms in total. The largest absolute Gasteiger partial charge is 0.481 e. The molecule has 0 spiro atoms. The maximum atomic E-state index is 9.64. The van der Waals surface area contributed by atoms with E-state index in [1.165, 1.54) is 10.9 Å². The summed E-state index contributed by atoms with van der Waals surface area (Å²) in [5.41, 5.74) is 5.33. The molecule has 11 heteroatoms. The molecule has 1 aliphatic heterocycles. The van der Waals surface area contributed by atoms with Crippen LogP contribution in [0.25, 0.3) is 44.4 Å². The molecule has 0 atom stereocenters. The molecule has 4 heterocycles. The van der Waals surface area contributed by atoms with Crippen LogP contribution < -0.4 is 0 Å². The van der Waals surface area contributed by atoms with Crippen LogP contribution in [0.15, 0.2) is 59.4 Å². The topological polar surface area (TPSA) is 152 Å². The Balaban J connectivity index is 0.000000372. The van der Waals surface area contributed by atoms with E-state index in [2.05, 4.69) is 80.2 Å². The van der Waals surface area contributed by atoms with Gasteiger partial charge in [0, 0.05) is 60.3 Å². The Morgan fingerprint density at radius 2 is 1.71 bits per heavy atom. The van der Waals surface area contributed by atoms with Gasteiger partial charge in [-0.1, -0.05) is 12.1 Å². The molecule has 1 saturated heterocycles. The number of aliphatic carboxylic acids is 2. The monoisotopic (exact) mass is 558 g/mol. The molecule has 214 valence electrons. The Morgan fingerprint density at radius 3 is 2.41 bits per heavy atom. The first-order valence-corrected chi connectivity index (χ1v) is 13.7. The normalized spacial score (nSPS) is 14.4. The lowest BCUT2D eigenvalue weighted by atomic mass is 9.98. The zero-order valence-corrected chi connectivity index (χ0v) is 23.1. The molecule has 0 bridgehead atoms. The fourth-order valence-electron chi connectivity index (χ4n) is 5.10. The van der Waals surface area contributed by atoms with Crippen molar-refractivity contribution in [1.29, 1.82) is 0 Å². The molecule has 3 aromatic heterocycles. The third-order valence-corrected chi connectivity index (χ3v) is 7.32. The lowest BCUT2D eigenvalue weighted by Gasteiger charge is -2.36. The summed E-state index contributed by atoms with van der Waals surface area (Å²) in [6.07, 6.45) is 5.10. The SMILES string of the molecule is CC(C)N1CCN(Cc2cnc(-c3cc(-c4cccc5[nH]ccc45)cc4[nH]ncc34)o2)CC1.O=C(O)CCC(=O)O. The van der Waals surface area contributed by atoms with Gasteiger partial charge in [-0.05, 0) is 49.2 Å². The van der Waals surface area contributed by atoms with E-state index in [1.807, 2.05) is 18.6 Å². The van der Waals surface area contributed by atoms with Crippen LogP contribution in [0.4, 0.5) is 0 Å². The van der Waals surface area contributed by atoms with Crippen molar-refractivity contribution in [2.45, 2.75) is 39.3 Å². The van der Waals surface area contributed by atoms with Gasteiger partial charge >= 0.3 is 11.9 Å². The van der Waals surface area contributed by atoms with E-state index < -0.39 is 11.9 Å². The quantitative estimate of drug-likeness (QED) is 0.210. The van der Waals surface area contributed by atoms with Gasteiger partial charge in [-0.3, -0.25) is 24.5 Å². The summed E-state index contributed by atoms with van der Waals surface area (Å²) in [6, 6.07) is 13.3. The average Bonchev–Trinajstić information content (AvgIpc) is 3.73. The van der Waals surface area contributed by atoms with Gasteiger partial charge in [-0.15, -0.1) is 0 Å². The maximum Gasteiger partial charge on any atom is 0.303 e.